The van der Waals surface area contributed by atoms with Crippen molar-refractivity contribution in [3.63, 3.8) is 0 Å². The van der Waals surface area contributed by atoms with Crippen molar-refractivity contribution in [3.8, 4) is 5.75 Å². The molecule has 114 valence electrons. The Kier molecular flexibility index (Phi) is 5.17. The molecule has 0 saturated heterocycles. The highest BCUT2D eigenvalue weighted by Crippen LogP contribution is 2.42. The molecule has 0 aliphatic heterocycles. The average Bonchev–Trinajstić information content (AvgIpc) is 2.49. The van der Waals surface area contributed by atoms with Crippen LogP contribution in [0.25, 0.3) is 0 Å². The third-order valence-corrected chi connectivity index (χ3v) is 4.32. The summed E-state index contributed by atoms with van der Waals surface area (Å²) in [7, 11) is 1.20. The number of carbonyl (C=O) groups excluding carboxylic acids is 1. The first-order chi connectivity index (χ1) is 10.0. The van der Waals surface area contributed by atoms with E-state index in [0.717, 1.165) is 31.2 Å². The van der Waals surface area contributed by atoms with Crippen LogP contribution in [0, 0.1) is 10.1 Å². The molecule has 0 amide bonds. The minimum absolute atomic E-state index is 0.131. The molecular formula is C14H16BrNO5. The van der Waals surface area contributed by atoms with Crippen LogP contribution in [-0.4, -0.2) is 18.2 Å². The van der Waals surface area contributed by atoms with Gasteiger partial charge in [-0.1, -0.05) is 19.3 Å². The van der Waals surface area contributed by atoms with Crippen LogP contribution in [0.4, 0.5) is 10.5 Å². The van der Waals surface area contributed by atoms with Gasteiger partial charge in [0.05, 0.1) is 22.6 Å². The molecule has 2 rings (SSSR count). The number of methoxy groups -OCH3 is 1. The van der Waals surface area contributed by atoms with Crippen molar-refractivity contribution in [2.75, 3.05) is 7.11 Å². The summed E-state index contributed by atoms with van der Waals surface area (Å²) in [6.45, 7) is 0. The predicted octanol–water partition coefficient (Wildman–Crippen LogP) is 4.55. The molecule has 1 aromatic rings. The van der Waals surface area contributed by atoms with Crippen LogP contribution in [-0.2, 0) is 4.74 Å². The maximum absolute atomic E-state index is 11.4. The first-order valence-electron chi connectivity index (χ1n) is 6.76. The van der Waals surface area contributed by atoms with E-state index in [1.807, 2.05) is 0 Å². The smallest absolute Gasteiger partial charge is 0.437 e. The van der Waals surface area contributed by atoms with Crippen molar-refractivity contribution in [1.82, 2.24) is 0 Å². The Morgan fingerprint density at radius 3 is 2.57 bits per heavy atom. The first-order valence-corrected chi connectivity index (χ1v) is 7.56. The maximum Gasteiger partial charge on any atom is 0.513 e. The van der Waals surface area contributed by atoms with E-state index in [0.29, 0.717) is 4.47 Å². The fourth-order valence-corrected chi connectivity index (χ4v) is 3.16. The van der Waals surface area contributed by atoms with E-state index in [4.69, 9.17) is 4.74 Å². The second kappa shape index (κ2) is 6.89. The molecule has 1 aromatic carbocycles. The number of hydrogen-bond donors (Lipinski definition) is 0. The molecule has 0 heterocycles. The van der Waals surface area contributed by atoms with Crippen LogP contribution >= 0.6 is 15.9 Å². The van der Waals surface area contributed by atoms with Crippen molar-refractivity contribution in [2.24, 2.45) is 0 Å². The maximum atomic E-state index is 11.4. The molecule has 1 aliphatic carbocycles. The fourth-order valence-electron chi connectivity index (χ4n) is 2.65. The topological polar surface area (TPSA) is 78.7 Å². The highest BCUT2D eigenvalue weighted by molar-refractivity contribution is 9.10. The highest BCUT2D eigenvalue weighted by atomic mass is 79.9. The van der Waals surface area contributed by atoms with Crippen LogP contribution in [0.1, 0.15) is 43.6 Å². The van der Waals surface area contributed by atoms with Crippen molar-refractivity contribution in [1.29, 1.82) is 0 Å². The van der Waals surface area contributed by atoms with E-state index in [1.165, 1.54) is 19.6 Å². The number of nitro benzene ring substituents is 1. The molecule has 0 atom stereocenters. The summed E-state index contributed by atoms with van der Waals surface area (Å²) in [6, 6.07) is 2.97. The summed E-state index contributed by atoms with van der Waals surface area (Å²) in [5, 5.41) is 11.0. The van der Waals surface area contributed by atoms with Crippen LogP contribution in [0.3, 0.4) is 0 Å². The Balaban J connectivity index is 2.42. The minimum atomic E-state index is -0.872. The van der Waals surface area contributed by atoms with E-state index in [9.17, 15) is 14.9 Å². The van der Waals surface area contributed by atoms with Gasteiger partial charge in [0.2, 0.25) is 0 Å². The Hall–Kier alpha value is -1.63. The van der Waals surface area contributed by atoms with Gasteiger partial charge in [0.1, 0.15) is 5.75 Å². The number of halogens is 1. The van der Waals surface area contributed by atoms with E-state index in [1.54, 1.807) is 6.07 Å². The molecule has 1 aliphatic rings. The highest BCUT2D eigenvalue weighted by Gasteiger charge is 2.25. The van der Waals surface area contributed by atoms with Gasteiger partial charge < -0.3 is 9.47 Å². The van der Waals surface area contributed by atoms with Gasteiger partial charge in [0.25, 0.3) is 5.69 Å². The summed E-state index contributed by atoms with van der Waals surface area (Å²) < 4.78 is 9.99. The summed E-state index contributed by atoms with van der Waals surface area (Å²) in [6.07, 6.45) is 4.51. The molecule has 0 N–H and O–H groups in total. The molecular weight excluding hydrogens is 342 g/mol. The number of hydrogen-bond acceptors (Lipinski definition) is 5. The Labute approximate surface area is 130 Å². The number of nitro groups is 1. The quantitative estimate of drug-likeness (QED) is 0.343. The average molecular weight is 358 g/mol. The standard InChI is InChI=1S/C14H16BrNO5/c1-20-14(17)21-13-8-12(16(18)19)11(15)7-10(13)9-5-3-2-4-6-9/h7-9H,2-6H2,1H3. The third-order valence-electron chi connectivity index (χ3n) is 3.68. The lowest BCUT2D eigenvalue weighted by Crippen LogP contribution is -2.12. The molecule has 0 spiro atoms. The second-order valence-electron chi connectivity index (χ2n) is 4.99. The summed E-state index contributed by atoms with van der Waals surface area (Å²) >= 11 is 3.22. The minimum Gasteiger partial charge on any atom is -0.437 e. The number of carbonyl (C=O) groups is 1. The molecule has 0 radical (unpaired) electrons. The summed E-state index contributed by atoms with van der Waals surface area (Å²) in [5.74, 6) is 0.458. The number of benzene rings is 1. The largest absolute Gasteiger partial charge is 0.513 e. The predicted molar refractivity (Wildman–Crippen MR) is 79.7 cm³/mol. The summed E-state index contributed by atoms with van der Waals surface area (Å²) in [4.78, 5) is 21.9. The van der Waals surface area contributed by atoms with Crippen LogP contribution in [0.2, 0.25) is 0 Å². The third kappa shape index (κ3) is 3.72. The van der Waals surface area contributed by atoms with Crippen molar-refractivity contribution >= 4 is 27.8 Å². The van der Waals surface area contributed by atoms with Gasteiger partial charge in [0, 0.05) is 0 Å². The molecule has 7 heteroatoms. The molecule has 0 unspecified atom stereocenters. The lowest BCUT2D eigenvalue weighted by molar-refractivity contribution is -0.385. The molecule has 1 fully saturated rings. The lowest BCUT2D eigenvalue weighted by Gasteiger charge is -2.23. The Morgan fingerprint density at radius 1 is 1.33 bits per heavy atom. The Bertz CT molecular complexity index is 555. The lowest BCUT2D eigenvalue weighted by atomic mass is 9.83. The Morgan fingerprint density at radius 2 is 2.00 bits per heavy atom. The number of ether oxygens (including phenoxy) is 2. The molecule has 21 heavy (non-hydrogen) atoms. The molecule has 1 saturated carbocycles. The zero-order valence-electron chi connectivity index (χ0n) is 11.6. The second-order valence-corrected chi connectivity index (χ2v) is 5.84. The molecule has 6 nitrogen and oxygen atoms in total. The van der Waals surface area contributed by atoms with Crippen molar-refractivity contribution < 1.29 is 19.2 Å². The number of nitrogens with zero attached hydrogens (tertiary/aromatic N) is 1. The van der Waals surface area contributed by atoms with E-state index >= 15 is 0 Å². The fraction of sp³-hybridized carbons (Fsp3) is 0.500. The van der Waals surface area contributed by atoms with Gasteiger partial charge in [-0.15, -0.1) is 0 Å². The van der Waals surface area contributed by atoms with Gasteiger partial charge in [-0.3, -0.25) is 10.1 Å². The van der Waals surface area contributed by atoms with Crippen molar-refractivity contribution in [3.05, 3.63) is 32.3 Å². The number of rotatable bonds is 3. The van der Waals surface area contributed by atoms with Crippen molar-refractivity contribution in [2.45, 2.75) is 38.0 Å². The molecule has 0 aromatic heterocycles. The van der Waals surface area contributed by atoms with Gasteiger partial charge in [-0.05, 0) is 46.3 Å². The van der Waals surface area contributed by atoms with Gasteiger partial charge in [-0.2, -0.15) is 0 Å². The zero-order valence-corrected chi connectivity index (χ0v) is 13.2. The SMILES string of the molecule is COC(=O)Oc1cc([N+](=O)[O-])c(Br)cc1C1CCCCC1. The van der Waals surface area contributed by atoms with Gasteiger partial charge in [-0.25, -0.2) is 4.79 Å². The zero-order chi connectivity index (χ0) is 15.4. The van der Waals surface area contributed by atoms with E-state index in [2.05, 4.69) is 20.7 Å². The van der Waals surface area contributed by atoms with Gasteiger partial charge >= 0.3 is 6.16 Å². The van der Waals surface area contributed by atoms with Crippen LogP contribution in [0.5, 0.6) is 5.75 Å². The van der Waals surface area contributed by atoms with E-state index < -0.39 is 11.1 Å². The van der Waals surface area contributed by atoms with Gasteiger partial charge in [0.15, 0.2) is 0 Å². The first kappa shape index (κ1) is 15.8. The molecule has 0 bridgehead atoms. The van der Waals surface area contributed by atoms with Crippen LogP contribution < -0.4 is 4.74 Å². The monoisotopic (exact) mass is 357 g/mol. The van der Waals surface area contributed by atoms with Crippen LogP contribution in [0.15, 0.2) is 16.6 Å². The summed E-state index contributed by atoms with van der Waals surface area (Å²) in [5.41, 5.74) is 0.686. The van der Waals surface area contributed by atoms with E-state index in [-0.39, 0.29) is 17.4 Å². The normalized spacial score (nSPS) is 15.5.